The van der Waals surface area contributed by atoms with Crippen LogP contribution in [-0.2, 0) is 0 Å². The lowest BCUT2D eigenvalue weighted by Gasteiger charge is -2.02. The van der Waals surface area contributed by atoms with E-state index in [4.69, 9.17) is 0 Å². The maximum Gasteiger partial charge on any atom is 0.277 e. The quantitative estimate of drug-likeness (QED) is 0.415. The summed E-state index contributed by atoms with van der Waals surface area (Å²) in [6.45, 7) is 0. The lowest BCUT2D eigenvalue weighted by atomic mass is 10.1. The van der Waals surface area contributed by atoms with E-state index in [1.165, 1.54) is 12.1 Å². The van der Waals surface area contributed by atoms with Crippen LogP contribution >= 0.6 is 0 Å². The molecule has 0 unspecified atom stereocenters. The third-order valence-electron chi connectivity index (χ3n) is 3.27. The first kappa shape index (κ1) is 14.3. The highest BCUT2D eigenvalue weighted by Gasteiger charge is 2.20. The second kappa shape index (κ2) is 5.30. The molecule has 23 heavy (non-hydrogen) atoms. The molecule has 0 saturated carbocycles. The second-order valence-electron chi connectivity index (χ2n) is 4.65. The fourth-order valence-corrected chi connectivity index (χ4v) is 2.29. The zero-order valence-electron chi connectivity index (χ0n) is 11.4. The molecule has 9 nitrogen and oxygen atoms in total. The number of hydrogen-bond acceptors (Lipinski definition) is 6. The van der Waals surface area contributed by atoms with Crippen LogP contribution in [0, 0.1) is 20.2 Å². The average molecular weight is 312 g/mol. The summed E-state index contributed by atoms with van der Waals surface area (Å²) in [7, 11) is 0. The van der Waals surface area contributed by atoms with Crippen molar-refractivity contribution in [1.82, 2.24) is 9.38 Å². The van der Waals surface area contributed by atoms with Crippen molar-refractivity contribution in [3.05, 3.63) is 68.5 Å². The molecule has 0 amide bonds. The van der Waals surface area contributed by atoms with Gasteiger partial charge < -0.3 is 0 Å². The standard InChI is InChI=1S/C14H8N4O5/c19-8-12-13-3-1-2-4-16(13)14(15-12)9-5-10(17(20)21)7-11(6-9)18(22)23/h1-8H. The number of aromatic nitrogens is 2. The summed E-state index contributed by atoms with van der Waals surface area (Å²) in [5.41, 5.74) is -0.00862. The van der Waals surface area contributed by atoms with Crippen LogP contribution in [0.4, 0.5) is 11.4 Å². The Balaban J connectivity index is 2.32. The molecule has 2 aromatic heterocycles. The third kappa shape index (κ3) is 2.39. The van der Waals surface area contributed by atoms with Crippen molar-refractivity contribution in [1.29, 1.82) is 0 Å². The Morgan fingerprint density at radius 2 is 1.70 bits per heavy atom. The molecule has 0 atom stereocenters. The number of hydrogen-bond donors (Lipinski definition) is 0. The molecule has 0 radical (unpaired) electrons. The molecule has 0 aliphatic heterocycles. The van der Waals surface area contributed by atoms with E-state index in [9.17, 15) is 25.0 Å². The van der Waals surface area contributed by atoms with Crippen molar-refractivity contribution in [2.24, 2.45) is 0 Å². The van der Waals surface area contributed by atoms with Gasteiger partial charge in [-0.15, -0.1) is 0 Å². The highest BCUT2D eigenvalue weighted by Crippen LogP contribution is 2.30. The maximum absolute atomic E-state index is 11.1. The Kier molecular flexibility index (Phi) is 3.30. The molecule has 0 bridgehead atoms. The van der Waals surface area contributed by atoms with Crippen molar-refractivity contribution < 1.29 is 14.6 Å². The molecule has 3 rings (SSSR count). The molecule has 0 aliphatic rings. The predicted molar refractivity (Wildman–Crippen MR) is 79.3 cm³/mol. The number of pyridine rings is 1. The van der Waals surface area contributed by atoms with Crippen LogP contribution in [0.5, 0.6) is 0 Å². The van der Waals surface area contributed by atoms with Crippen LogP contribution < -0.4 is 0 Å². The number of benzene rings is 1. The highest BCUT2D eigenvalue weighted by atomic mass is 16.6. The minimum Gasteiger partial charge on any atom is -0.299 e. The highest BCUT2D eigenvalue weighted by molar-refractivity contribution is 5.86. The van der Waals surface area contributed by atoms with Gasteiger partial charge in [0, 0.05) is 23.9 Å². The number of non-ortho nitro benzene ring substituents is 2. The van der Waals surface area contributed by atoms with E-state index in [-0.39, 0.29) is 17.1 Å². The molecule has 2 heterocycles. The Labute approximate surface area is 128 Å². The van der Waals surface area contributed by atoms with Gasteiger partial charge in [0.05, 0.1) is 21.4 Å². The normalized spacial score (nSPS) is 10.6. The van der Waals surface area contributed by atoms with E-state index in [0.29, 0.717) is 11.8 Å². The molecular formula is C14H8N4O5. The van der Waals surface area contributed by atoms with Crippen LogP contribution in [0.2, 0.25) is 0 Å². The van der Waals surface area contributed by atoms with Gasteiger partial charge in [0.2, 0.25) is 0 Å². The maximum atomic E-state index is 11.1. The molecule has 0 spiro atoms. The van der Waals surface area contributed by atoms with E-state index in [0.717, 1.165) is 6.07 Å². The van der Waals surface area contributed by atoms with E-state index in [1.807, 2.05) is 0 Å². The topological polar surface area (TPSA) is 121 Å². The van der Waals surface area contributed by atoms with Crippen molar-refractivity contribution in [3.8, 4) is 11.4 Å². The fourth-order valence-electron chi connectivity index (χ4n) is 2.29. The van der Waals surface area contributed by atoms with Gasteiger partial charge in [-0.3, -0.25) is 29.4 Å². The summed E-state index contributed by atoms with van der Waals surface area (Å²) in [4.78, 5) is 35.8. The van der Waals surface area contributed by atoms with Gasteiger partial charge in [-0.2, -0.15) is 0 Å². The number of imidazole rings is 1. The number of nitro benzene ring substituents is 2. The minimum atomic E-state index is -0.715. The van der Waals surface area contributed by atoms with Gasteiger partial charge in [-0.25, -0.2) is 4.98 Å². The Morgan fingerprint density at radius 3 is 2.26 bits per heavy atom. The first-order valence-electron chi connectivity index (χ1n) is 6.38. The molecule has 0 saturated heterocycles. The number of carbonyl (C=O) groups excluding carboxylic acids is 1. The summed E-state index contributed by atoms with van der Waals surface area (Å²) >= 11 is 0. The third-order valence-corrected chi connectivity index (χ3v) is 3.27. The van der Waals surface area contributed by atoms with Crippen LogP contribution in [0.25, 0.3) is 16.9 Å². The van der Waals surface area contributed by atoms with Gasteiger partial charge in [0.15, 0.2) is 6.29 Å². The van der Waals surface area contributed by atoms with Crippen LogP contribution in [0.15, 0.2) is 42.6 Å². The van der Waals surface area contributed by atoms with Crippen molar-refractivity contribution in [2.45, 2.75) is 0 Å². The van der Waals surface area contributed by atoms with Crippen LogP contribution in [0.3, 0.4) is 0 Å². The zero-order chi connectivity index (χ0) is 16.6. The minimum absolute atomic E-state index is 0.148. The van der Waals surface area contributed by atoms with Crippen molar-refractivity contribution >= 4 is 23.2 Å². The average Bonchev–Trinajstić information content (AvgIpc) is 2.93. The van der Waals surface area contributed by atoms with E-state index < -0.39 is 21.2 Å². The Bertz CT molecular complexity index is 931. The van der Waals surface area contributed by atoms with Crippen molar-refractivity contribution in [3.63, 3.8) is 0 Å². The molecule has 0 N–H and O–H groups in total. The van der Waals surface area contributed by atoms with Gasteiger partial charge >= 0.3 is 0 Å². The lowest BCUT2D eigenvalue weighted by molar-refractivity contribution is -0.394. The number of aldehydes is 1. The number of nitrogens with zero attached hydrogens (tertiary/aromatic N) is 4. The Hall–Kier alpha value is -3.62. The largest absolute Gasteiger partial charge is 0.299 e. The summed E-state index contributed by atoms with van der Waals surface area (Å²) in [6, 6.07) is 8.31. The second-order valence-corrected chi connectivity index (χ2v) is 4.65. The van der Waals surface area contributed by atoms with Gasteiger partial charge in [0.1, 0.15) is 11.5 Å². The predicted octanol–water partition coefficient (Wildman–Crippen LogP) is 2.63. The van der Waals surface area contributed by atoms with Gasteiger partial charge in [0.25, 0.3) is 11.4 Å². The van der Waals surface area contributed by atoms with Gasteiger partial charge in [-0.1, -0.05) is 6.07 Å². The first-order chi connectivity index (χ1) is 11.0. The molecular weight excluding hydrogens is 304 g/mol. The summed E-state index contributed by atoms with van der Waals surface area (Å²) in [5, 5.41) is 22.0. The van der Waals surface area contributed by atoms with E-state index >= 15 is 0 Å². The fraction of sp³-hybridized carbons (Fsp3) is 0. The lowest BCUT2D eigenvalue weighted by Crippen LogP contribution is -1.95. The summed E-state index contributed by atoms with van der Waals surface area (Å²) in [6.07, 6.45) is 2.18. The molecule has 114 valence electrons. The summed E-state index contributed by atoms with van der Waals surface area (Å²) < 4.78 is 1.55. The Morgan fingerprint density at radius 1 is 1.04 bits per heavy atom. The molecule has 9 heteroatoms. The summed E-state index contributed by atoms with van der Waals surface area (Å²) in [5.74, 6) is 0.217. The van der Waals surface area contributed by atoms with E-state index in [2.05, 4.69) is 4.98 Å². The first-order valence-corrected chi connectivity index (χ1v) is 6.38. The van der Waals surface area contributed by atoms with Gasteiger partial charge in [-0.05, 0) is 12.1 Å². The van der Waals surface area contributed by atoms with Crippen molar-refractivity contribution in [2.75, 3.05) is 0 Å². The smallest absolute Gasteiger partial charge is 0.277 e. The zero-order valence-corrected chi connectivity index (χ0v) is 11.4. The molecule has 0 fully saturated rings. The molecule has 3 aromatic rings. The number of rotatable bonds is 4. The van der Waals surface area contributed by atoms with Crippen LogP contribution in [-0.4, -0.2) is 25.5 Å². The monoisotopic (exact) mass is 312 g/mol. The van der Waals surface area contributed by atoms with E-state index in [1.54, 1.807) is 28.8 Å². The number of fused-ring (bicyclic) bond motifs is 1. The molecule has 1 aromatic carbocycles. The SMILES string of the molecule is O=Cc1nc(-c2cc([N+](=O)[O-])cc([N+](=O)[O-])c2)n2ccccc12. The number of carbonyl (C=O) groups is 1. The number of nitro groups is 2. The van der Waals surface area contributed by atoms with Crippen LogP contribution in [0.1, 0.15) is 10.5 Å². The molecule has 0 aliphatic carbocycles.